The fourth-order valence-electron chi connectivity index (χ4n) is 3.43. The second-order valence-electron chi connectivity index (χ2n) is 6.14. The normalized spacial score (nSPS) is 10.9. The van der Waals surface area contributed by atoms with Gasteiger partial charge in [0, 0.05) is 5.41 Å². The largest absolute Gasteiger partial charge is 0.130 e. The fourth-order valence-corrected chi connectivity index (χ4v) is 3.43. The second kappa shape index (κ2) is 7.17. The van der Waals surface area contributed by atoms with Crippen molar-refractivity contribution in [3.63, 3.8) is 0 Å². The minimum Gasteiger partial charge on any atom is -0.130 e. The standard InChI is InChI=1S/C24H22/c1-3-20(2)19-24(21-13-7-4-8-14-21,22-15-9-5-10-16-22)23-17-11-6-12-18-23/h4-18H,1,19H2,2H3. The first-order chi connectivity index (χ1) is 11.8. The van der Waals surface area contributed by atoms with Crippen molar-refractivity contribution in [2.24, 2.45) is 0 Å². The van der Waals surface area contributed by atoms with E-state index in [1.54, 1.807) is 0 Å². The van der Waals surface area contributed by atoms with Crippen molar-refractivity contribution in [1.29, 1.82) is 0 Å². The van der Waals surface area contributed by atoms with Gasteiger partial charge < -0.3 is 0 Å². The molecule has 0 saturated heterocycles. The molecule has 3 aromatic rings. The van der Waals surface area contributed by atoms with Crippen LogP contribution in [0, 0.1) is 0 Å². The van der Waals surface area contributed by atoms with Crippen LogP contribution in [0.4, 0.5) is 0 Å². The minimum absolute atomic E-state index is 0.238. The van der Waals surface area contributed by atoms with E-state index in [1.807, 2.05) is 0 Å². The summed E-state index contributed by atoms with van der Waals surface area (Å²) < 4.78 is 0. The Morgan fingerprint density at radius 3 is 1.33 bits per heavy atom. The number of hydrogen-bond acceptors (Lipinski definition) is 0. The molecular weight excluding hydrogens is 288 g/mol. The highest BCUT2D eigenvalue weighted by molar-refractivity contribution is 5.51. The molecule has 0 nitrogen and oxygen atoms in total. The summed E-state index contributed by atoms with van der Waals surface area (Å²) in [6.45, 7) is 5.97. The van der Waals surface area contributed by atoms with Gasteiger partial charge in [0.2, 0.25) is 0 Å². The third-order valence-electron chi connectivity index (χ3n) is 4.63. The molecule has 0 heterocycles. The van der Waals surface area contributed by atoms with Crippen LogP contribution in [0.3, 0.4) is 0 Å². The van der Waals surface area contributed by atoms with E-state index >= 15 is 0 Å². The van der Waals surface area contributed by atoms with E-state index in [4.69, 9.17) is 0 Å². The Balaban J connectivity index is 2.34. The van der Waals surface area contributed by atoms with Gasteiger partial charge in [-0.1, -0.05) is 97.6 Å². The lowest BCUT2D eigenvalue weighted by atomic mass is 9.66. The molecule has 0 aliphatic heterocycles. The molecule has 0 unspecified atom stereocenters. The molecule has 0 aromatic heterocycles. The maximum Gasteiger partial charge on any atom is 0.0494 e. The van der Waals surface area contributed by atoms with E-state index < -0.39 is 0 Å². The monoisotopic (exact) mass is 310 g/mol. The van der Waals surface area contributed by atoms with Gasteiger partial charge in [0.15, 0.2) is 0 Å². The highest BCUT2D eigenvalue weighted by Crippen LogP contribution is 2.43. The van der Waals surface area contributed by atoms with Crippen LogP contribution < -0.4 is 0 Å². The maximum atomic E-state index is 3.86. The van der Waals surface area contributed by atoms with Gasteiger partial charge in [0.05, 0.1) is 0 Å². The first kappa shape index (κ1) is 16.1. The molecule has 0 radical (unpaired) electrons. The third-order valence-corrected chi connectivity index (χ3v) is 4.63. The molecule has 0 aliphatic carbocycles. The van der Waals surface area contributed by atoms with Crippen molar-refractivity contribution in [2.75, 3.05) is 0 Å². The summed E-state index contributed by atoms with van der Waals surface area (Å²) in [5, 5.41) is 0. The van der Waals surface area contributed by atoms with Gasteiger partial charge in [-0.3, -0.25) is 0 Å². The van der Waals surface area contributed by atoms with Crippen molar-refractivity contribution in [1.82, 2.24) is 0 Å². The molecule has 0 fully saturated rings. The third kappa shape index (κ3) is 2.97. The molecule has 0 atom stereocenters. The average molecular weight is 310 g/mol. The smallest absolute Gasteiger partial charge is 0.0494 e. The van der Waals surface area contributed by atoms with Crippen LogP contribution in [0.2, 0.25) is 0 Å². The van der Waals surface area contributed by atoms with Crippen molar-refractivity contribution in [3.05, 3.63) is 126 Å². The molecule has 0 amide bonds. The number of allylic oxidation sites excluding steroid dienone is 1. The van der Waals surface area contributed by atoms with E-state index in [-0.39, 0.29) is 5.41 Å². The van der Waals surface area contributed by atoms with E-state index in [9.17, 15) is 0 Å². The summed E-state index contributed by atoms with van der Waals surface area (Å²) in [7, 11) is 0. The van der Waals surface area contributed by atoms with Gasteiger partial charge in [0.25, 0.3) is 0 Å². The zero-order valence-electron chi connectivity index (χ0n) is 14.1. The van der Waals surface area contributed by atoms with Crippen molar-refractivity contribution in [3.8, 4) is 0 Å². The lowest BCUT2D eigenvalue weighted by Gasteiger charge is -2.36. The van der Waals surface area contributed by atoms with Crippen LogP contribution in [-0.4, -0.2) is 0 Å². The van der Waals surface area contributed by atoms with E-state index in [2.05, 4.69) is 110 Å². The average Bonchev–Trinajstić information content (AvgIpc) is 2.68. The molecule has 0 spiro atoms. The number of benzene rings is 3. The Kier molecular flexibility index (Phi) is 4.79. The highest BCUT2D eigenvalue weighted by atomic mass is 14.4. The Labute approximate surface area is 144 Å². The number of hydrogen-bond donors (Lipinski definition) is 0. The zero-order chi connectivity index (χ0) is 16.8. The fraction of sp³-hybridized carbons (Fsp3) is 0.125. The van der Waals surface area contributed by atoms with Crippen LogP contribution in [0.5, 0.6) is 0 Å². The summed E-state index contributed by atoms with van der Waals surface area (Å²) in [5.74, 6) is 0. The highest BCUT2D eigenvalue weighted by Gasteiger charge is 2.36. The van der Waals surface area contributed by atoms with Gasteiger partial charge in [-0.2, -0.15) is 0 Å². The molecule has 0 aliphatic rings. The lowest BCUT2D eigenvalue weighted by Crippen LogP contribution is -2.29. The Morgan fingerprint density at radius 1 is 0.708 bits per heavy atom. The van der Waals surface area contributed by atoms with Crippen LogP contribution in [0.1, 0.15) is 30.0 Å². The number of rotatable bonds is 5. The summed E-state index contributed by atoms with van der Waals surface area (Å²) in [6.07, 6.45) is 0.856. The predicted molar refractivity (Wildman–Crippen MR) is 102 cm³/mol. The van der Waals surface area contributed by atoms with Crippen LogP contribution in [0.15, 0.2) is 109 Å². The Morgan fingerprint density at radius 2 is 1.04 bits per heavy atom. The summed E-state index contributed by atoms with van der Waals surface area (Å²) in [6, 6.07) is 32.2. The molecule has 24 heavy (non-hydrogen) atoms. The topological polar surface area (TPSA) is 0 Å². The predicted octanol–water partition coefficient (Wildman–Crippen LogP) is 6.14. The first-order valence-electron chi connectivity index (χ1n) is 8.29. The molecule has 3 aromatic carbocycles. The molecular formula is C24H22. The van der Waals surface area contributed by atoms with Crippen molar-refractivity contribution in [2.45, 2.75) is 18.8 Å². The Bertz CT molecular complexity index is 726. The molecule has 0 heteroatoms. The maximum absolute atomic E-state index is 3.86. The van der Waals surface area contributed by atoms with E-state index in [0.717, 1.165) is 12.0 Å². The summed E-state index contributed by atoms with van der Waals surface area (Å²) >= 11 is 0. The SMILES string of the molecule is C=C=C(C)CC(c1ccccc1)(c1ccccc1)c1ccccc1. The Hall–Kier alpha value is -2.82. The van der Waals surface area contributed by atoms with Crippen molar-refractivity contribution < 1.29 is 0 Å². The minimum atomic E-state index is -0.238. The van der Waals surface area contributed by atoms with Gasteiger partial charge in [0.1, 0.15) is 0 Å². The van der Waals surface area contributed by atoms with E-state index in [1.165, 1.54) is 16.7 Å². The van der Waals surface area contributed by atoms with Crippen LogP contribution in [-0.2, 0) is 5.41 Å². The first-order valence-corrected chi connectivity index (χ1v) is 8.29. The van der Waals surface area contributed by atoms with Gasteiger partial charge in [-0.25, -0.2) is 0 Å². The van der Waals surface area contributed by atoms with Gasteiger partial charge >= 0.3 is 0 Å². The molecule has 0 bridgehead atoms. The van der Waals surface area contributed by atoms with Crippen molar-refractivity contribution >= 4 is 0 Å². The van der Waals surface area contributed by atoms with Crippen LogP contribution in [0.25, 0.3) is 0 Å². The molecule has 0 saturated carbocycles. The molecule has 0 N–H and O–H groups in total. The quantitative estimate of drug-likeness (QED) is 0.392. The molecule has 118 valence electrons. The second-order valence-corrected chi connectivity index (χ2v) is 6.14. The van der Waals surface area contributed by atoms with Gasteiger partial charge in [-0.05, 0) is 35.6 Å². The zero-order valence-corrected chi connectivity index (χ0v) is 14.1. The van der Waals surface area contributed by atoms with Gasteiger partial charge in [-0.15, -0.1) is 5.73 Å². The summed E-state index contributed by atoms with van der Waals surface area (Å²) in [5.41, 5.74) is 7.88. The molecule has 3 rings (SSSR count). The van der Waals surface area contributed by atoms with Crippen LogP contribution >= 0.6 is 0 Å². The van der Waals surface area contributed by atoms with E-state index in [0.29, 0.717) is 0 Å². The lowest BCUT2D eigenvalue weighted by molar-refractivity contribution is 0.609. The summed E-state index contributed by atoms with van der Waals surface area (Å²) in [4.78, 5) is 0.